The Bertz CT molecular complexity index is 943. The Morgan fingerprint density at radius 3 is 2.41 bits per heavy atom. The van der Waals surface area contributed by atoms with E-state index in [1.165, 1.54) is 23.5 Å². The zero-order chi connectivity index (χ0) is 18.9. The number of nitrogens with zero attached hydrogens (tertiary/aromatic N) is 1. The molecule has 0 amide bonds. The van der Waals surface area contributed by atoms with Crippen LogP contribution in [0.15, 0.2) is 45.8 Å². The van der Waals surface area contributed by atoms with E-state index < -0.39 is 9.84 Å². The molecule has 6 nitrogen and oxygen atoms in total. The number of sulfone groups is 1. The molecule has 0 unspecified atom stereocenters. The lowest BCUT2D eigenvalue weighted by atomic mass is 10.0. The topological polar surface area (TPSA) is 76.8 Å². The average Bonchev–Trinajstić information content (AvgIpc) is 3.04. The lowest BCUT2D eigenvalue weighted by Crippen LogP contribution is -2.27. The molecule has 1 aromatic carbocycles. The van der Waals surface area contributed by atoms with Crippen LogP contribution in [-0.4, -0.2) is 31.4 Å². The number of fused-ring (bicyclic) bond motifs is 1. The first-order valence-electron chi connectivity index (χ1n) is 9.22. The van der Waals surface area contributed by atoms with Gasteiger partial charge in [0.1, 0.15) is 21.9 Å². The number of hydrogen-bond donors (Lipinski definition) is 0. The Morgan fingerprint density at radius 1 is 1.11 bits per heavy atom. The minimum Gasteiger partial charge on any atom is -0.486 e. The summed E-state index contributed by atoms with van der Waals surface area (Å²) in [6.07, 6.45) is 2.54. The molecule has 4 rings (SSSR count). The van der Waals surface area contributed by atoms with E-state index in [1.54, 1.807) is 0 Å². The molecule has 3 heterocycles. The van der Waals surface area contributed by atoms with Crippen molar-refractivity contribution >= 4 is 9.84 Å². The minimum atomic E-state index is -2.88. The molecule has 1 aromatic heterocycles. The van der Waals surface area contributed by atoms with Gasteiger partial charge in [-0.3, -0.25) is 9.69 Å². The maximum atomic E-state index is 12.3. The lowest BCUT2D eigenvalue weighted by Gasteiger charge is -2.21. The van der Waals surface area contributed by atoms with Crippen LogP contribution in [0.3, 0.4) is 0 Å². The predicted octanol–water partition coefficient (Wildman–Crippen LogP) is 2.36. The molecule has 0 spiro atoms. The summed E-state index contributed by atoms with van der Waals surface area (Å²) < 4.78 is 34.1. The zero-order valence-electron chi connectivity index (χ0n) is 15.1. The highest BCUT2D eigenvalue weighted by molar-refractivity contribution is 7.91. The smallest absolute Gasteiger partial charge is 0.227 e. The fourth-order valence-electron chi connectivity index (χ4n) is 3.68. The summed E-state index contributed by atoms with van der Waals surface area (Å²) in [6, 6.07) is 9.81. The van der Waals surface area contributed by atoms with Crippen LogP contribution < -0.4 is 10.2 Å². The molecular formula is C20H23NO5S. The molecule has 0 bridgehead atoms. The van der Waals surface area contributed by atoms with Crippen LogP contribution in [0.1, 0.15) is 29.7 Å². The fraction of sp³-hybridized carbons (Fsp3) is 0.450. The molecule has 1 fully saturated rings. The van der Waals surface area contributed by atoms with Gasteiger partial charge in [-0.2, -0.15) is 0 Å². The number of hydrogen-bond acceptors (Lipinski definition) is 6. The quantitative estimate of drug-likeness (QED) is 0.781. The van der Waals surface area contributed by atoms with E-state index in [4.69, 9.17) is 9.15 Å². The summed E-state index contributed by atoms with van der Waals surface area (Å²) in [5.41, 5.74) is 2.43. The van der Waals surface area contributed by atoms with E-state index in [2.05, 4.69) is 17.0 Å². The largest absolute Gasteiger partial charge is 0.486 e. The summed E-state index contributed by atoms with van der Waals surface area (Å²) in [5, 5.41) is 0. The molecule has 1 saturated heterocycles. The van der Waals surface area contributed by atoms with Crippen LogP contribution in [-0.2, 0) is 29.5 Å². The van der Waals surface area contributed by atoms with Crippen molar-refractivity contribution in [2.24, 2.45) is 5.92 Å². The van der Waals surface area contributed by atoms with Gasteiger partial charge in [-0.1, -0.05) is 24.3 Å². The first-order valence-corrected chi connectivity index (χ1v) is 11.0. The molecule has 27 heavy (non-hydrogen) atoms. The Morgan fingerprint density at radius 2 is 1.78 bits per heavy atom. The molecule has 0 atom stereocenters. The average molecular weight is 389 g/mol. The van der Waals surface area contributed by atoms with Crippen LogP contribution >= 0.6 is 0 Å². The Hall–Kier alpha value is -2.12. The SMILES string of the molecule is O=c1cc(CN2Cc3ccccc3C2)occ1OCC1CCS(=O)(=O)CC1. The number of ether oxygens (including phenoxy) is 1. The van der Waals surface area contributed by atoms with Crippen LogP contribution in [0, 0.1) is 5.92 Å². The predicted molar refractivity (Wildman–Crippen MR) is 101 cm³/mol. The second-order valence-electron chi connectivity index (χ2n) is 7.39. The van der Waals surface area contributed by atoms with Gasteiger partial charge in [0, 0.05) is 19.2 Å². The molecule has 2 aromatic rings. The molecule has 0 saturated carbocycles. The van der Waals surface area contributed by atoms with E-state index >= 15 is 0 Å². The van der Waals surface area contributed by atoms with E-state index in [0.29, 0.717) is 31.8 Å². The van der Waals surface area contributed by atoms with Gasteiger partial charge in [0.15, 0.2) is 0 Å². The van der Waals surface area contributed by atoms with Gasteiger partial charge >= 0.3 is 0 Å². The van der Waals surface area contributed by atoms with E-state index in [1.807, 2.05) is 12.1 Å². The van der Waals surface area contributed by atoms with Crippen molar-refractivity contribution in [3.8, 4) is 5.75 Å². The normalized spacial score (nSPS) is 19.7. The van der Waals surface area contributed by atoms with Crippen LogP contribution in [0.5, 0.6) is 5.75 Å². The lowest BCUT2D eigenvalue weighted by molar-refractivity contribution is 0.222. The van der Waals surface area contributed by atoms with Crippen molar-refractivity contribution in [2.75, 3.05) is 18.1 Å². The van der Waals surface area contributed by atoms with Gasteiger partial charge in [-0.05, 0) is 29.9 Å². The van der Waals surface area contributed by atoms with Crippen molar-refractivity contribution < 1.29 is 17.6 Å². The molecule has 7 heteroatoms. The first kappa shape index (κ1) is 18.3. The Balaban J connectivity index is 1.33. The summed E-state index contributed by atoms with van der Waals surface area (Å²) in [5.74, 6) is 1.37. The first-order chi connectivity index (χ1) is 13.0. The van der Waals surface area contributed by atoms with Gasteiger partial charge in [-0.25, -0.2) is 8.42 Å². The summed E-state index contributed by atoms with van der Waals surface area (Å²) in [4.78, 5) is 14.5. The summed E-state index contributed by atoms with van der Waals surface area (Å²) in [6.45, 7) is 2.62. The van der Waals surface area contributed by atoms with Gasteiger partial charge in [0.25, 0.3) is 0 Å². The minimum absolute atomic E-state index is 0.163. The Labute approximate surface area is 158 Å². The maximum Gasteiger partial charge on any atom is 0.227 e. The van der Waals surface area contributed by atoms with Crippen molar-refractivity contribution in [3.05, 3.63) is 63.7 Å². The van der Waals surface area contributed by atoms with Gasteiger partial charge < -0.3 is 9.15 Å². The molecule has 2 aliphatic rings. The Kier molecular flexibility index (Phi) is 5.06. The summed E-state index contributed by atoms with van der Waals surface area (Å²) >= 11 is 0. The van der Waals surface area contributed by atoms with Crippen molar-refractivity contribution in [2.45, 2.75) is 32.5 Å². The van der Waals surface area contributed by atoms with E-state index in [0.717, 1.165) is 13.1 Å². The molecule has 0 aliphatic carbocycles. The second-order valence-corrected chi connectivity index (χ2v) is 9.70. The second kappa shape index (κ2) is 7.48. The molecular weight excluding hydrogens is 366 g/mol. The van der Waals surface area contributed by atoms with E-state index in [-0.39, 0.29) is 28.6 Å². The van der Waals surface area contributed by atoms with Gasteiger partial charge in [0.05, 0.1) is 24.7 Å². The van der Waals surface area contributed by atoms with Crippen LogP contribution in [0.2, 0.25) is 0 Å². The highest BCUT2D eigenvalue weighted by Crippen LogP contribution is 2.24. The third-order valence-corrected chi connectivity index (χ3v) is 7.00. The highest BCUT2D eigenvalue weighted by Gasteiger charge is 2.24. The third kappa shape index (κ3) is 4.42. The third-order valence-electron chi connectivity index (χ3n) is 5.29. The van der Waals surface area contributed by atoms with Crippen molar-refractivity contribution in [1.82, 2.24) is 4.90 Å². The van der Waals surface area contributed by atoms with Crippen LogP contribution in [0.4, 0.5) is 0 Å². The number of rotatable bonds is 5. The molecule has 144 valence electrons. The van der Waals surface area contributed by atoms with E-state index in [9.17, 15) is 13.2 Å². The number of benzene rings is 1. The van der Waals surface area contributed by atoms with Gasteiger partial charge in [-0.15, -0.1) is 0 Å². The molecule has 0 radical (unpaired) electrons. The maximum absolute atomic E-state index is 12.3. The fourth-order valence-corrected chi connectivity index (χ4v) is 5.26. The van der Waals surface area contributed by atoms with Crippen molar-refractivity contribution in [3.63, 3.8) is 0 Å². The molecule has 2 aliphatic heterocycles. The van der Waals surface area contributed by atoms with Crippen molar-refractivity contribution in [1.29, 1.82) is 0 Å². The standard InChI is InChI=1S/C20H23NO5S/c22-19-9-18(12-21-10-16-3-1-2-4-17(16)11-21)25-14-20(19)26-13-15-5-7-27(23,24)8-6-15/h1-4,9,14-15H,5-8,10-13H2. The monoisotopic (exact) mass is 389 g/mol. The zero-order valence-corrected chi connectivity index (χ0v) is 15.9. The summed E-state index contributed by atoms with van der Waals surface area (Å²) in [7, 11) is -2.88. The van der Waals surface area contributed by atoms with Crippen LogP contribution in [0.25, 0.3) is 0 Å². The van der Waals surface area contributed by atoms with Gasteiger partial charge in [0.2, 0.25) is 11.2 Å². The molecule has 0 N–H and O–H groups in total. The highest BCUT2D eigenvalue weighted by atomic mass is 32.2.